The van der Waals surface area contributed by atoms with E-state index in [1.54, 1.807) is 0 Å². The third-order valence-electron chi connectivity index (χ3n) is 3.84. The van der Waals surface area contributed by atoms with Gasteiger partial charge in [-0.05, 0) is 51.3 Å². The fourth-order valence-electron chi connectivity index (χ4n) is 2.51. The van der Waals surface area contributed by atoms with Crippen LogP contribution in [0.2, 0.25) is 0 Å². The lowest BCUT2D eigenvalue weighted by atomic mass is 9.80. The number of hydrogen-bond acceptors (Lipinski definition) is 1. The average molecular weight is 214 g/mol. The van der Waals surface area contributed by atoms with Gasteiger partial charge in [0.1, 0.15) is 0 Å². The predicted molar refractivity (Wildman–Crippen MR) is 66.9 cm³/mol. The van der Waals surface area contributed by atoms with Gasteiger partial charge in [-0.2, -0.15) is 0 Å². The monoisotopic (exact) mass is 214 g/mol. The van der Waals surface area contributed by atoms with Gasteiger partial charge in [-0.25, -0.2) is 0 Å². The van der Waals surface area contributed by atoms with Crippen molar-refractivity contribution < 1.29 is 4.79 Å². The van der Waals surface area contributed by atoms with Crippen LogP contribution in [0.4, 0.5) is 0 Å². The Labute approximate surface area is 97.2 Å². The summed E-state index contributed by atoms with van der Waals surface area (Å²) < 4.78 is 0. The molecule has 0 aliphatic heterocycles. The van der Waals surface area contributed by atoms with E-state index in [0.29, 0.717) is 0 Å². The molecule has 1 aliphatic carbocycles. The highest BCUT2D eigenvalue weighted by Gasteiger charge is 2.42. The van der Waals surface area contributed by atoms with Gasteiger partial charge in [0.2, 0.25) is 0 Å². The van der Waals surface area contributed by atoms with Gasteiger partial charge in [0.05, 0.1) is 5.41 Å². The maximum Gasteiger partial charge on any atom is 0.173 e. The molecule has 1 heteroatoms. The molecule has 1 nitrogen and oxygen atoms in total. The van der Waals surface area contributed by atoms with Crippen LogP contribution in [0.15, 0.2) is 24.3 Å². The lowest BCUT2D eigenvalue weighted by Crippen LogP contribution is -2.24. The second-order valence-electron chi connectivity index (χ2n) is 5.23. The summed E-state index contributed by atoms with van der Waals surface area (Å²) in [4.78, 5) is 12.4. The van der Waals surface area contributed by atoms with Gasteiger partial charge in [-0.3, -0.25) is 4.79 Å². The molecule has 1 aromatic carbocycles. The van der Waals surface area contributed by atoms with Crippen LogP contribution in [0.1, 0.15) is 40.9 Å². The summed E-state index contributed by atoms with van der Waals surface area (Å²) in [6, 6.07) is 4.16. The Balaban J connectivity index is 2.63. The highest BCUT2D eigenvalue weighted by Crippen LogP contribution is 2.42. The van der Waals surface area contributed by atoms with E-state index in [1.807, 2.05) is 26.8 Å². The molecule has 84 valence electrons. The van der Waals surface area contributed by atoms with E-state index in [4.69, 9.17) is 0 Å². The maximum atomic E-state index is 12.4. The smallest absolute Gasteiger partial charge is 0.173 e. The Morgan fingerprint density at radius 2 is 2.00 bits per heavy atom. The van der Waals surface area contributed by atoms with Crippen LogP contribution < -0.4 is 0 Å². The Morgan fingerprint density at radius 1 is 1.38 bits per heavy atom. The van der Waals surface area contributed by atoms with Crippen molar-refractivity contribution in [1.29, 1.82) is 0 Å². The Bertz CT molecular complexity index is 496. The normalized spacial score (nSPS) is 23.4. The second kappa shape index (κ2) is 3.31. The first kappa shape index (κ1) is 11.1. The molecule has 1 aliphatic rings. The lowest BCUT2D eigenvalue weighted by Gasteiger charge is -2.21. The van der Waals surface area contributed by atoms with Crippen molar-refractivity contribution in [3.63, 3.8) is 0 Å². The van der Waals surface area contributed by atoms with E-state index in [9.17, 15) is 4.79 Å². The van der Waals surface area contributed by atoms with Gasteiger partial charge >= 0.3 is 0 Å². The number of benzene rings is 1. The van der Waals surface area contributed by atoms with E-state index in [0.717, 1.165) is 23.1 Å². The van der Waals surface area contributed by atoms with Crippen molar-refractivity contribution >= 4 is 5.78 Å². The number of Topliss-reactive ketones (excluding diaryl/α,β-unsaturated/α-hetero) is 1. The number of carbonyl (C=O) groups excluding carboxylic acids is 1. The van der Waals surface area contributed by atoms with Crippen LogP contribution in [-0.2, 0) is 6.42 Å². The minimum Gasteiger partial charge on any atom is -0.293 e. The molecule has 0 fully saturated rings. The van der Waals surface area contributed by atoms with Gasteiger partial charge < -0.3 is 0 Å². The molecular formula is C15H18O. The van der Waals surface area contributed by atoms with Crippen molar-refractivity contribution in [1.82, 2.24) is 0 Å². The Kier molecular flexibility index (Phi) is 2.30. The number of fused-ring (bicyclic) bond motifs is 1. The zero-order valence-electron chi connectivity index (χ0n) is 10.5. The minimum absolute atomic E-state index is 0.238. The molecule has 1 aromatic rings. The van der Waals surface area contributed by atoms with E-state index in [2.05, 4.69) is 19.6 Å². The first-order chi connectivity index (χ1) is 7.36. The standard InChI is InChI=1S/C15H18O/c1-9(2)15(5)8-13-11(4)6-10(3)7-12(13)14(15)16/h6-7H,1,8H2,2-5H3/t15-/m0/s1. The number of allylic oxidation sites excluding steroid dienone is 1. The van der Waals surface area contributed by atoms with Crippen molar-refractivity contribution in [2.24, 2.45) is 5.41 Å². The van der Waals surface area contributed by atoms with Gasteiger partial charge in [-0.15, -0.1) is 0 Å². The molecule has 0 unspecified atom stereocenters. The molecule has 1 atom stereocenters. The van der Waals surface area contributed by atoms with Crippen molar-refractivity contribution in [3.8, 4) is 0 Å². The van der Waals surface area contributed by atoms with Gasteiger partial charge in [0.25, 0.3) is 0 Å². The number of hydrogen-bond donors (Lipinski definition) is 0. The summed E-state index contributed by atoms with van der Waals surface area (Å²) in [5.41, 5.74) is 5.08. The van der Waals surface area contributed by atoms with Crippen molar-refractivity contribution in [2.75, 3.05) is 0 Å². The van der Waals surface area contributed by atoms with Crippen LogP contribution in [0.25, 0.3) is 0 Å². The highest BCUT2D eigenvalue weighted by molar-refractivity contribution is 6.06. The molecule has 0 radical (unpaired) electrons. The molecule has 0 spiro atoms. The van der Waals surface area contributed by atoms with Crippen LogP contribution in [0, 0.1) is 19.3 Å². The third-order valence-corrected chi connectivity index (χ3v) is 3.84. The molecule has 0 N–H and O–H groups in total. The number of ketones is 1. The second-order valence-corrected chi connectivity index (χ2v) is 5.23. The number of rotatable bonds is 1. The Hall–Kier alpha value is -1.37. The van der Waals surface area contributed by atoms with Crippen molar-refractivity contribution in [3.05, 3.63) is 46.5 Å². The largest absolute Gasteiger partial charge is 0.293 e. The van der Waals surface area contributed by atoms with E-state index in [-0.39, 0.29) is 11.2 Å². The number of aryl methyl sites for hydroxylation is 2. The molecule has 2 rings (SSSR count). The van der Waals surface area contributed by atoms with Gasteiger partial charge in [-0.1, -0.05) is 23.8 Å². The molecule has 0 bridgehead atoms. The molecule has 16 heavy (non-hydrogen) atoms. The summed E-state index contributed by atoms with van der Waals surface area (Å²) in [5, 5.41) is 0. The average Bonchev–Trinajstić information content (AvgIpc) is 2.43. The van der Waals surface area contributed by atoms with Crippen LogP contribution in [0.3, 0.4) is 0 Å². The molecule has 0 saturated heterocycles. The summed E-state index contributed by atoms with van der Waals surface area (Å²) in [6.45, 7) is 12.1. The quantitative estimate of drug-likeness (QED) is 0.652. The van der Waals surface area contributed by atoms with Crippen molar-refractivity contribution in [2.45, 2.75) is 34.1 Å². The summed E-state index contributed by atoms with van der Waals surface area (Å²) >= 11 is 0. The number of carbonyl (C=O) groups is 1. The highest BCUT2D eigenvalue weighted by atomic mass is 16.1. The summed E-state index contributed by atoms with van der Waals surface area (Å²) in [5.74, 6) is 0.238. The Morgan fingerprint density at radius 3 is 2.56 bits per heavy atom. The molecule has 0 heterocycles. The third kappa shape index (κ3) is 1.35. The van der Waals surface area contributed by atoms with Gasteiger partial charge in [0, 0.05) is 5.56 Å². The first-order valence-corrected chi connectivity index (χ1v) is 5.67. The molecule has 0 saturated carbocycles. The van der Waals surface area contributed by atoms with E-state index < -0.39 is 0 Å². The fourth-order valence-corrected chi connectivity index (χ4v) is 2.51. The fraction of sp³-hybridized carbons (Fsp3) is 0.400. The molecule has 0 amide bonds. The summed E-state index contributed by atoms with van der Waals surface area (Å²) in [6.07, 6.45) is 0.808. The van der Waals surface area contributed by atoms with E-state index in [1.165, 1.54) is 11.1 Å². The minimum atomic E-state index is -0.388. The molecular weight excluding hydrogens is 196 g/mol. The maximum absolute atomic E-state index is 12.4. The topological polar surface area (TPSA) is 17.1 Å². The SMILES string of the molecule is C=C(C)[C@]1(C)Cc2c(C)cc(C)cc2C1=O. The van der Waals surface area contributed by atoms with Crippen LogP contribution in [0.5, 0.6) is 0 Å². The predicted octanol–water partition coefficient (Wildman–Crippen LogP) is 3.62. The summed E-state index contributed by atoms with van der Waals surface area (Å²) in [7, 11) is 0. The first-order valence-electron chi connectivity index (χ1n) is 5.67. The van der Waals surface area contributed by atoms with Crippen LogP contribution >= 0.6 is 0 Å². The van der Waals surface area contributed by atoms with E-state index >= 15 is 0 Å². The molecule has 0 aromatic heterocycles. The lowest BCUT2D eigenvalue weighted by molar-refractivity contribution is 0.0881. The zero-order chi connectivity index (χ0) is 12.1. The zero-order valence-corrected chi connectivity index (χ0v) is 10.5. The van der Waals surface area contributed by atoms with Crippen LogP contribution in [-0.4, -0.2) is 5.78 Å². The van der Waals surface area contributed by atoms with Gasteiger partial charge in [0.15, 0.2) is 5.78 Å².